The lowest BCUT2D eigenvalue weighted by Crippen LogP contribution is -2.35. The molecule has 1 aliphatic rings. The molecule has 36 heavy (non-hydrogen) atoms. The minimum atomic E-state index is -0.961. The Morgan fingerprint density at radius 3 is 1.94 bits per heavy atom. The molecule has 180 valence electrons. The average Bonchev–Trinajstić information content (AvgIpc) is 3.24. The summed E-state index contributed by atoms with van der Waals surface area (Å²) in [6.07, 6.45) is -0.316. The summed E-state index contributed by atoms with van der Waals surface area (Å²) in [5, 5.41) is 12.5. The highest BCUT2D eigenvalue weighted by molar-refractivity contribution is 5.79. The normalized spacial score (nSPS) is 12.9. The molecule has 5 nitrogen and oxygen atoms in total. The van der Waals surface area contributed by atoms with Gasteiger partial charge >= 0.3 is 12.1 Å². The minimum absolute atomic E-state index is 0.0187. The molecule has 4 aromatic rings. The topological polar surface area (TPSA) is 75.6 Å². The van der Waals surface area contributed by atoms with Crippen molar-refractivity contribution in [2.75, 3.05) is 13.2 Å². The molecule has 0 bridgehead atoms. The van der Waals surface area contributed by atoms with Crippen molar-refractivity contribution in [2.24, 2.45) is 5.92 Å². The molecule has 5 rings (SSSR count). The van der Waals surface area contributed by atoms with Gasteiger partial charge in [-0.1, -0.05) is 103 Å². The van der Waals surface area contributed by atoms with Crippen LogP contribution >= 0.6 is 0 Å². The summed E-state index contributed by atoms with van der Waals surface area (Å²) in [6, 6.07) is 33.9. The van der Waals surface area contributed by atoms with Crippen LogP contribution in [0.3, 0.4) is 0 Å². The van der Waals surface area contributed by atoms with Crippen molar-refractivity contribution in [1.29, 1.82) is 0 Å². The van der Waals surface area contributed by atoms with Crippen molar-refractivity contribution < 1.29 is 19.4 Å². The lowest BCUT2D eigenvalue weighted by Gasteiger charge is -2.17. The van der Waals surface area contributed by atoms with Crippen LogP contribution in [0.25, 0.3) is 22.3 Å². The van der Waals surface area contributed by atoms with Gasteiger partial charge in [0.1, 0.15) is 6.61 Å². The summed E-state index contributed by atoms with van der Waals surface area (Å²) in [4.78, 5) is 24.6. The molecule has 2 N–H and O–H groups in total. The van der Waals surface area contributed by atoms with Gasteiger partial charge in [0.15, 0.2) is 0 Å². The molecule has 0 unspecified atom stereocenters. The van der Waals surface area contributed by atoms with E-state index in [0.717, 1.165) is 38.9 Å². The Bertz CT molecular complexity index is 1340. The van der Waals surface area contributed by atoms with Gasteiger partial charge in [-0.2, -0.15) is 0 Å². The molecular weight excluding hydrogens is 450 g/mol. The number of amides is 1. The quantitative estimate of drug-likeness (QED) is 0.320. The van der Waals surface area contributed by atoms with Crippen molar-refractivity contribution >= 4 is 12.1 Å². The number of nitrogens with one attached hydrogen (secondary N) is 1. The number of rotatable bonds is 8. The van der Waals surface area contributed by atoms with Crippen LogP contribution in [0.4, 0.5) is 4.79 Å². The van der Waals surface area contributed by atoms with Gasteiger partial charge in [-0.05, 0) is 45.4 Å². The SMILES string of the molecule is O=C(NC[C@H](Cc1ccccc1-c1ccccc1)C(=O)O)OCC1c2ccccc2-c2ccccc21. The number of aliphatic carboxylic acids is 1. The Balaban J connectivity index is 1.23. The molecule has 0 heterocycles. The number of benzene rings is 4. The van der Waals surface area contributed by atoms with Crippen LogP contribution in [0, 0.1) is 5.92 Å². The smallest absolute Gasteiger partial charge is 0.407 e. The molecule has 5 heteroatoms. The fourth-order valence-electron chi connectivity index (χ4n) is 4.97. The Labute approximate surface area is 210 Å². The zero-order chi connectivity index (χ0) is 24.9. The van der Waals surface area contributed by atoms with Crippen LogP contribution in [-0.4, -0.2) is 30.3 Å². The second-order valence-corrected chi connectivity index (χ2v) is 8.97. The summed E-state index contributed by atoms with van der Waals surface area (Å²) in [5.74, 6) is -1.79. The number of hydrogen-bond donors (Lipinski definition) is 2. The lowest BCUT2D eigenvalue weighted by atomic mass is 9.92. The van der Waals surface area contributed by atoms with Gasteiger partial charge in [-0.3, -0.25) is 4.79 Å². The molecular formula is C31H27NO4. The van der Waals surface area contributed by atoms with E-state index in [1.807, 2.05) is 78.9 Å². The lowest BCUT2D eigenvalue weighted by molar-refractivity contribution is -0.141. The van der Waals surface area contributed by atoms with E-state index in [1.165, 1.54) is 0 Å². The first-order valence-corrected chi connectivity index (χ1v) is 12.1. The number of hydrogen-bond acceptors (Lipinski definition) is 3. The Morgan fingerprint density at radius 2 is 1.31 bits per heavy atom. The predicted molar refractivity (Wildman–Crippen MR) is 140 cm³/mol. The fraction of sp³-hybridized carbons (Fsp3) is 0.161. The average molecular weight is 478 g/mol. The highest BCUT2D eigenvalue weighted by Crippen LogP contribution is 2.44. The highest BCUT2D eigenvalue weighted by atomic mass is 16.5. The van der Waals surface area contributed by atoms with Gasteiger partial charge in [-0.15, -0.1) is 0 Å². The summed E-state index contributed by atoms with van der Waals surface area (Å²) >= 11 is 0. The van der Waals surface area contributed by atoms with Crippen molar-refractivity contribution in [3.63, 3.8) is 0 Å². The number of fused-ring (bicyclic) bond motifs is 3. The number of carbonyl (C=O) groups is 2. The van der Waals surface area contributed by atoms with Gasteiger partial charge in [0.2, 0.25) is 0 Å². The maximum absolute atomic E-state index is 12.6. The zero-order valence-corrected chi connectivity index (χ0v) is 19.8. The van der Waals surface area contributed by atoms with E-state index in [2.05, 4.69) is 29.6 Å². The number of alkyl carbamates (subject to hydrolysis) is 1. The first-order valence-electron chi connectivity index (χ1n) is 12.1. The van der Waals surface area contributed by atoms with Gasteiger partial charge < -0.3 is 15.2 Å². The van der Waals surface area contributed by atoms with E-state index in [4.69, 9.17) is 4.74 Å². The van der Waals surface area contributed by atoms with Crippen LogP contribution in [0.5, 0.6) is 0 Å². The van der Waals surface area contributed by atoms with Crippen molar-refractivity contribution in [1.82, 2.24) is 5.32 Å². The van der Waals surface area contributed by atoms with E-state index in [0.29, 0.717) is 6.42 Å². The van der Waals surface area contributed by atoms with Gasteiger partial charge in [0, 0.05) is 12.5 Å². The summed E-state index contributed by atoms with van der Waals surface area (Å²) in [7, 11) is 0. The van der Waals surface area contributed by atoms with Crippen molar-refractivity contribution in [2.45, 2.75) is 12.3 Å². The predicted octanol–water partition coefficient (Wildman–Crippen LogP) is 6.14. The third-order valence-corrected chi connectivity index (χ3v) is 6.75. The van der Waals surface area contributed by atoms with Gasteiger partial charge in [0.25, 0.3) is 0 Å². The summed E-state index contributed by atoms with van der Waals surface area (Å²) < 4.78 is 5.57. The van der Waals surface area contributed by atoms with E-state index < -0.39 is 18.0 Å². The number of carboxylic acids is 1. The molecule has 4 aromatic carbocycles. The molecule has 1 atom stereocenters. The largest absolute Gasteiger partial charge is 0.481 e. The van der Waals surface area contributed by atoms with Crippen molar-refractivity contribution in [3.8, 4) is 22.3 Å². The molecule has 0 saturated carbocycles. The minimum Gasteiger partial charge on any atom is -0.481 e. The van der Waals surface area contributed by atoms with Crippen LogP contribution in [0.1, 0.15) is 22.6 Å². The van der Waals surface area contributed by atoms with E-state index >= 15 is 0 Å². The summed E-state index contributed by atoms with van der Waals surface area (Å²) in [6.45, 7) is 0.170. The fourth-order valence-corrected chi connectivity index (χ4v) is 4.97. The highest BCUT2D eigenvalue weighted by Gasteiger charge is 2.29. The Kier molecular flexibility index (Phi) is 6.80. The third kappa shape index (κ3) is 4.86. The molecule has 0 aliphatic heterocycles. The van der Waals surface area contributed by atoms with E-state index in [1.54, 1.807) is 0 Å². The third-order valence-electron chi connectivity index (χ3n) is 6.75. The van der Waals surface area contributed by atoms with Crippen LogP contribution < -0.4 is 5.32 Å². The number of carboxylic acid groups (broad SMARTS) is 1. The van der Waals surface area contributed by atoms with Crippen molar-refractivity contribution in [3.05, 3.63) is 120 Å². The van der Waals surface area contributed by atoms with Crippen LogP contribution in [0.2, 0.25) is 0 Å². The molecule has 0 saturated heterocycles. The second kappa shape index (κ2) is 10.5. The van der Waals surface area contributed by atoms with E-state index in [-0.39, 0.29) is 19.1 Å². The van der Waals surface area contributed by atoms with Crippen LogP contribution in [0.15, 0.2) is 103 Å². The number of carbonyl (C=O) groups excluding carboxylic acids is 1. The zero-order valence-electron chi connectivity index (χ0n) is 19.8. The standard InChI is InChI=1S/C31H27NO4/c33-30(34)23(18-22-12-4-5-13-24(22)21-10-2-1-3-11-21)19-32-31(35)36-20-29-27-16-8-6-14-25(27)26-15-7-9-17-28(26)29/h1-17,23,29H,18-20H2,(H,32,35)(H,33,34)/t23-/m0/s1. The molecule has 0 radical (unpaired) electrons. The summed E-state index contributed by atoms with van der Waals surface area (Å²) in [5.41, 5.74) is 7.52. The van der Waals surface area contributed by atoms with E-state index in [9.17, 15) is 14.7 Å². The Hall–Kier alpha value is -4.38. The first-order chi connectivity index (χ1) is 17.6. The first kappa shape index (κ1) is 23.4. The van der Waals surface area contributed by atoms with Gasteiger partial charge in [0.05, 0.1) is 5.92 Å². The van der Waals surface area contributed by atoms with Crippen LogP contribution in [-0.2, 0) is 16.0 Å². The number of ether oxygens (including phenoxy) is 1. The maximum atomic E-state index is 12.6. The maximum Gasteiger partial charge on any atom is 0.407 e. The monoisotopic (exact) mass is 477 g/mol. The molecule has 0 fully saturated rings. The Morgan fingerprint density at radius 1 is 0.750 bits per heavy atom. The second-order valence-electron chi connectivity index (χ2n) is 8.97. The molecule has 0 spiro atoms. The van der Waals surface area contributed by atoms with Gasteiger partial charge in [-0.25, -0.2) is 4.79 Å². The molecule has 1 amide bonds. The molecule has 1 aliphatic carbocycles. The molecule has 0 aromatic heterocycles.